The minimum Gasteiger partial charge on any atom is -0.465 e. The molecule has 4 rings (SSSR count). The molecular formula is C23H20N2O2. The summed E-state index contributed by atoms with van der Waals surface area (Å²) in [5.41, 5.74) is 6.23. The quantitative estimate of drug-likeness (QED) is 0.501. The number of esters is 1. The zero-order valence-corrected chi connectivity index (χ0v) is 15.1. The Balaban J connectivity index is 1.46. The Morgan fingerprint density at radius 1 is 0.963 bits per heavy atom. The van der Waals surface area contributed by atoms with Gasteiger partial charge < -0.3 is 9.64 Å². The van der Waals surface area contributed by atoms with Gasteiger partial charge in [0.2, 0.25) is 0 Å². The second kappa shape index (κ2) is 7.46. The molecular weight excluding hydrogens is 336 g/mol. The number of anilines is 1. The van der Waals surface area contributed by atoms with E-state index in [9.17, 15) is 4.79 Å². The van der Waals surface area contributed by atoms with Gasteiger partial charge in [-0.05, 0) is 47.0 Å². The van der Waals surface area contributed by atoms with Crippen LogP contribution in [0.15, 0.2) is 77.8 Å². The van der Waals surface area contributed by atoms with Gasteiger partial charge in [0.15, 0.2) is 0 Å². The molecule has 0 aliphatic carbocycles. The van der Waals surface area contributed by atoms with Gasteiger partial charge in [0.25, 0.3) is 0 Å². The van der Waals surface area contributed by atoms with E-state index in [0.717, 1.165) is 24.3 Å². The van der Waals surface area contributed by atoms with Crippen LogP contribution in [-0.4, -0.2) is 19.3 Å². The molecule has 0 amide bonds. The van der Waals surface area contributed by atoms with Crippen LogP contribution in [0.1, 0.15) is 27.0 Å². The molecule has 0 spiro atoms. The monoisotopic (exact) mass is 356 g/mol. The normalized spacial score (nSPS) is 13.0. The van der Waals surface area contributed by atoms with Crippen molar-refractivity contribution in [3.05, 3.63) is 95.1 Å². The molecule has 27 heavy (non-hydrogen) atoms. The minimum atomic E-state index is -0.358. The van der Waals surface area contributed by atoms with Crippen LogP contribution in [0, 0.1) is 0 Å². The molecule has 0 saturated carbocycles. The zero-order chi connectivity index (χ0) is 18.6. The van der Waals surface area contributed by atoms with Gasteiger partial charge in [0, 0.05) is 25.0 Å². The molecule has 0 bridgehead atoms. The number of ether oxygens (including phenoxy) is 1. The first-order chi connectivity index (χ1) is 13.2. The summed E-state index contributed by atoms with van der Waals surface area (Å²) in [5, 5.41) is 0. The fourth-order valence-corrected chi connectivity index (χ4v) is 3.27. The lowest BCUT2D eigenvalue weighted by molar-refractivity contribution is 0.0601. The van der Waals surface area contributed by atoms with Crippen molar-refractivity contribution in [1.82, 2.24) is 0 Å². The van der Waals surface area contributed by atoms with Crippen molar-refractivity contribution < 1.29 is 9.53 Å². The minimum absolute atomic E-state index is 0.358. The number of methoxy groups -OCH3 is 1. The van der Waals surface area contributed by atoms with Crippen molar-refractivity contribution in [2.45, 2.75) is 13.1 Å². The molecule has 0 fully saturated rings. The highest BCUT2D eigenvalue weighted by molar-refractivity contribution is 5.90. The number of benzene rings is 3. The third-order valence-corrected chi connectivity index (χ3v) is 4.73. The van der Waals surface area contributed by atoms with E-state index in [4.69, 9.17) is 4.74 Å². The Bertz CT molecular complexity index is 968. The van der Waals surface area contributed by atoms with Gasteiger partial charge in [-0.3, -0.25) is 4.99 Å². The van der Waals surface area contributed by atoms with Gasteiger partial charge >= 0.3 is 5.97 Å². The van der Waals surface area contributed by atoms with Gasteiger partial charge in [-0.25, -0.2) is 4.79 Å². The molecule has 4 nitrogen and oxygen atoms in total. The average Bonchev–Trinajstić information content (AvgIpc) is 3.16. The Morgan fingerprint density at radius 3 is 2.33 bits per heavy atom. The molecule has 1 heterocycles. The van der Waals surface area contributed by atoms with E-state index in [2.05, 4.69) is 58.4 Å². The summed E-state index contributed by atoms with van der Waals surface area (Å²) in [6.07, 6.45) is 1.80. The number of aliphatic imine (C=N–C) groups is 1. The van der Waals surface area contributed by atoms with Gasteiger partial charge in [-0.15, -0.1) is 0 Å². The number of carbonyl (C=O) groups excluding carboxylic acids is 1. The third-order valence-electron chi connectivity index (χ3n) is 4.73. The van der Waals surface area contributed by atoms with E-state index < -0.39 is 0 Å². The number of rotatable bonds is 4. The van der Waals surface area contributed by atoms with Crippen molar-refractivity contribution in [2.24, 2.45) is 4.99 Å². The lowest BCUT2D eigenvalue weighted by Gasteiger charge is -2.17. The fraction of sp³-hybridized carbons (Fsp3) is 0.130. The van der Waals surface area contributed by atoms with Crippen molar-refractivity contribution >= 4 is 23.6 Å². The van der Waals surface area contributed by atoms with Gasteiger partial charge in [0.1, 0.15) is 0 Å². The fourth-order valence-electron chi connectivity index (χ4n) is 3.27. The van der Waals surface area contributed by atoms with E-state index in [1.807, 2.05) is 6.07 Å². The molecule has 0 saturated heterocycles. The van der Waals surface area contributed by atoms with Gasteiger partial charge in [-0.2, -0.15) is 0 Å². The SMILES string of the molecule is COC(=O)c1cccc(N=Cc2ccc(N3Cc4ccccc4C3)cc2)c1. The summed E-state index contributed by atoms with van der Waals surface area (Å²) in [6, 6.07) is 24.0. The summed E-state index contributed by atoms with van der Waals surface area (Å²) >= 11 is 0. The second-order valence-electron chi connectivity index (χ2n) is 6.52. The molecule has 0 radical (unpaired) electrons. The van der Waals surface area contributed by atoms with E-state index in [1.165, 1.54) is 23.9 Å². The Morgan fingerprint density at radius 2 is 1.67 bits per heavy atom. The summed E-state index contributed by atoms with van der Waals surface area (Å²) in [5.74, 6) is -0.358. The van der Waals surface area contributed by atoms with Gasteiger partial charge in [-0.1, -0.05) is 42.5 Å². The molecule has 1 aliphatic heterocycles. The smallest absolute Gasteiger partial charge is 0.337 e. The molecule has 0 atom stereocenters. The summed E-state index contributed by atoms with van der Waals surface area (Å²) in [4.78, 5) is 18.4. The number of fused-ring (bicyclic) bond motifs is 1. The van der Waals surface area contributed by atoms with Crippen LogP contribution < -0.4 is 4.90 Å². The van der Waals surface area contributed by atoms with Crippen molar-refractivity contribution in [3.63, 3.8) is 0 Å². The first-order valence-electron chi connectivity index (χ1n) is 8.87. The first kappa shape index (κ1) is 17.0. The number of hydrogen-bond donors (Lipinski definition) is 0. The summed E-state index contributed by atoms with van der Waals surface area (Å²) < 4.78 is 4.74. The van der Waals surface area contributed by atoms with Crippen LogP contribution in [0.25, 0.3) is 0 Å². The van der Waals surface area contributed by atoms with Crippen molar-refractivity contribution in [3.8, 4) is 0 Å². The standard InChI is InChI=1S/C23H20N2O2/c1-27-23(26)18-7-4-8-21(13-18)24-14-17-9-11-22(12-10-17)25-15-19-5-2-3-6-20(19)16-25/h2-14H,15-16H2,1H3. The van der Waals surface area contributed by atoms with E-state index in [1.54, 1.807) is 24.4 Å². The topological polar surface area (TPSA) is 41.9 Å². The second-order valence-corrected chi connectivity index (χ2v) is 6.52. The largest absolute Gasteiger partial charge is 0.465 e. The average molecular weight is 356 g/mol. The molecule has 1 aliphatic rings. The third kappa shape index (κ3) is 3.75. The maximum atomic E-state index is 11.6. The molecule has 0 unspecified atom stereocenters. The van der Waals surface area contributed by atoms with Crippen LogP contribution in [0.4, 0.5) is 11.4 Å². The summed E-state index contributed by atoms with van der Waals surface area (Å²) in [6.45, 7) is 1.90. The predicted octanol–water partition coefficient (Wildman–Crippen LogP) is 4.74. The van der Waals surface area contributed by atoms with Crippen LogP contribution in [-0.2, 0) is 17.8 Å². The first-order valence-corrected chi connectivity index (χ1v) is 8.87. The number of carbonyl (C=O) groups is 1. The molecule has 3 aromatic carbocycles. The highest BCUT2D eigenvalue weighted by Gasteiger charge is 2.18. The Kier molecular flexibility index (Phi) is 4.71. The number of nitrogens with zero attached hydrogens (tertiary/aromatic N) is 2. The van der Waals surface area contributed by atoms with Crippen LogP contribution in [0.5, 0.6) is 0 Å². The lowest BCUT2D eigenvalue weighted by Crippen LogP contribution is -2.14. The maximum Gasteiger partial charge on any atom is 0.337 e. The van der Waals surface area contributed by atoms with E-state index >= 15 is 0 Å². The zero-order valence-electron chi connectivity index (χ0n) is 15.1. The highest BCUT2D eigenvalue weighted by Crippen LogP contribution is 2.28. The molecule has 3 aromatic rings. The van der Waals surface area contributed by atoms with Crippen LogP contribution in [0.2, 0.25) is 0 Å². The number of hydrogen-bond acceptors (Lipinski definition) is 4. The van der Waals surface area contributed by atoms with E-state index in [0.29, 0.717) is 5.56 Å². The molecule has 134 valence electrons. The maximum absolute atomic E-state index is 11.6. The predicted molar refractivity (Wildman–Crippen MR) is 108 cm³/mol. The summed E-state index contributed by atoms with van der Waals surface area (Å²) in [7, 11) is 1.37. The Hall–Kier alpha value is -3.40. The highest BCUT2D eigenvalue weighted by atomic mass is 16.5. The molecule has 4 heteroatoms. The lowest BCUT2D eigenvalue weighted by atomic mass is 10.1. The van der Waals surface area contributed by atoms with Gasteiger partial charge in [0.05, 0.1) is 18.4 Å². The van der Waals surface area contributed by atoms with Crippen LogP contribution >= 0.6 is 0 Å². The Labute approximate surface area is 158 Å². The van der Waals surface area contributed by atoms with Crippen molar-refractivity contribution in [2.75, 3.05) is 12.0 Å². The molecule has 0 N–H and O–H groups in total. The van der Waals surface area contributed by atoms with Crippen molar-refractivity contribution in [1.29, 1.82) is 0 Å². The van der Waals surface area contributed by atoms with E-state index in [-0.39, 0.29) is 5.97 Å². The molecule has 0 aromatic heterocycles. The van der Waals surface area contributed by atoms with Crippen LogP contribution in [0.3, 0.4) is 0 Å².